The van der Waals surface area contributed by atoms with Crippen molar-refractivity contribution in [2.75, 3.05) is 10.6 Å². The highest BCUT2D eigenvalue weighted by molar-refractivity contribution is 5.94. The molecule has 0 unspecified atom stereocenters. The summed E-state index contributed by atoms with van der Waals surface area (Å²) in [5.41, 5.74) is 4.03. The van der Waals surface area contributed by atoms with E-state index in [1.165, 1.54) is 18.1 Å². The first-order valence-corrected chi connectivity index (χ1v) is 10.8. The zero-order chi connectivity index (χ0) is 22.3. The Bertz CT molecular complexity index is 828. The number of amides is 2. The molecule has 3 atom stereocenters. The van der Waals surface area contributed by atoms with Crippen LogP contribution in [0.4, 0.5) is 11.4 Å². The Kier molecular flexibility index (Phi) is 8.60. The molecule has 0 fully saturated rings. The maximum atomic E-state index is 12.7. The molecule has 0 saturated heterocycles. The first kappa shape index (κ1) is 23.6. The standard InChI is InChI=1S/C25H35N3O2/c1-7-17(4)20-8-10-21(11-9-20)24(16(2)3)26-18(5)25(30)28-23-14-12-22(13-15-23)27-19(6)29/h8-18,24,26H,7H2,1-6H3,(H,27,29)(H,28,30)/p+1/t17-,18+,24-/m1/s1. The summed E-state index contributed by atoms with van der Waals surface area (Å²) in [6.07, 6.45) is 1.13. The van der Waals surface area contributed by atoms with Crippen LogP contribution in [0.5, 0.6) is 0 Å². The van der Waals surface area contributed by atoms with Gasteiger partial charge in [-0.3, -0.25) is 9.59 Å². The Hall–Kier alpha value is -2.66. The molecule has 2 aromatic rings. The maximum absolute atomic E-state index is 12.7. The molecular formula is C25H36N3O2+. The van der Waals surface area contributed by atoms with Crippen LogP contribution in [-0.4, -0.2) is 17.9 Å². The Morgan fingerprint density at radius 1 is 0.833 bits per heavy atom. The second-order valence-electron chi connectivity index (χ2n) is 8.47. The molecule has 2 rings (SSSR count). The van der Waals surface area contributed by atoms with Crippen molar-refractivity contribution in [2.24, 2.45) is 5.92 Å². The number of anilines is 2. The fourth-order valence-electron chi connectivity index (χ4n) is 3.50. The van der Waals surface area contributed by atoms with Crippen LogP contribution in [0.2, 0.25) is 0 Å². The van der Waals surface area contributed by atoms with Crippen LogP contribution in [0.15, 0.2) is 48.5 Å². The summed E-state index contributed by atoms with van der Waals surface area (Å²) in [5.74, 6) is 0.796. The Morgan fingerprint density at radius 2 is 1.33 bits per heavy atom. The minimum absolute atomic E-state index is 0.0378. The molecule has 2 amide bonds. The lowest BCUT2D eigenvalue weighted by Gasteiger charge is -2.23. The van der Waals surface area contributed by atoms with E-state index in [1.54, 1.807) is 24.3 Å². The lowest BCUT2D eigenvalue weighted by molar-refractivity contribution is -0.718. The van der Waals surface area contributed by atoms with E-state index in [9.17, 15) is 9.59 Å². The summed E-state index contributed by atoms with van der Waals surface area (Å²) in [6, 6.07) is 16.0. The van der Waals surface area contributed by atoms with Crippen LogP contribution >= 0.6 is 0 Å². The molecular weight excluding hydrogens is 374 g/mol. The van der Waals surface area contributed by atoms with Gasteiger partial charge in [0.1, 0.15) is 6.04 Å². The monoisotopic (exact) mass is 410 g/mol. The molecule has 0 spiro atoms. The van der Waals surface area contributed by atoms with E-state index in [1.807, 2.05) is 6.92 Å². The molecule has 0 radical (unpaired) electrons. The molecule has 0 aliphatic carbocycles. The van der Waals surface area contributed by atoms with Gasteiger partial charge in [0.05, 0.1) is 0 Å². The molecule has 0 saturated carbocycles. The minimum Gasteiger partial charge on any atom is -0.330 e. The second-order valence-corrected chi connectivity index (χ2v) is 8.47. The number of carbonyl (C=O) groups is 2. The average molecular weight is 411 g/mol. The quantitative estimate of drug-likeness (QED) is 0.571. The van der Waals surface area contributed by atoms with E-state index in [4.69, 9.17) is 0 Å². The smallest absolute Gasteiger partial charge is 0.282 e. The number of carbonyl (C=O) groups excluding carboxylic acids is 2. The Balaban J connectivity index is 2.02. The van der Waals surface area contributed by atoms with Gasteiger partial charge in [0.25, 0.3) is 5.91 Å². The fourth-order valence-corrected chi connectivity index (χ4v) is 3.50. The predicted molar refractivity (Wildman–Crippen MR) is 123 cm³/mol. The highest BCUT2D eigenvalue weighted by atomic mass is 16.2. The zero-order valence-corrected chi connectivity index (χ0v) is 19.0. The number of nitrogens with one attached hydrogen (secondary N) is 2. The highest BCUT2D eigenvalue weighted by Crippen LogP contribution is 2.23. The summed E-state index contributed by atoms with van der Waals surface area (Å²) >= 11 is 0. The molecule has 2 aromatic carbocycles. The van der Waals surface area contributed by atoms with E-state index in [2.05, 4.69) is 67.9 Å². The van der Waals surface area contributed by atoms with Crippen LogP contribution in [0.25, 0.3) is 0 Å². The van der Waals surface area contributed by atoms with Gasteiger partial charge in [-0.05, 0) is 49.1 Å². The molecule has 30 heavy (non-hydrogen) atoms. The number of hydrogen-bond donors (Lipinski definition) is 3. The number of nitrogens with two attached hydrogens (primary N) is 1. The van der Waals surface area contributed by atoms with Gasteiger partial charge in [0, 0.05) is 29.8 Å². The number of benzene rings is 2. The van der Waals surface area contributed by atoms with Crippen LogP contribution in [0, 0.1) is 5.92 Å². The van der Waals surface area contributed by atoms with Crippen molar-refractivity contribution in [2.45, 2.75) is 66.0 Å². The van der Waals surface area contributed by atoms with Gasteiger partial charge in [0.15, 0.2) is 6.04 Å². The Labute approximate surface area is 180 Å². The van der Waals surface area contributed by atoms with E-state index >= 15 is 0 Å². The third kappa shape index (κ3) is 6.70. The molecule has 0 aliphatic heterocycles. The summed E-state index contributed by atoms with van der Waals surface area (Å²) in [4.78, 5) is 23.9. The van der Waals surface area contributed by atoms with Gasteiger partial charge >= 0.3 is 0 Å². The normalized spacial score (nSPS) is 14.1. The van der Waals surface area contributed by atoms with E-state index < -0.39 is 0 Å². The largest absolute Gasteiger partial charge is 0.330 e. The number of hydrogen-bond acceptors (Lipinski definition) is 2. The summed E-state index contributed by atoms with van der Waals surface area (Å²) < 4.78 is 0. The average Bonchev–Trinajstić information content (AvgIpc) is 2.72. The molecule has 0 heterocycles. The van der Waals surface area contributed by atoms with Gasteiger partial charge in [-0.1, -0.05) is 52.0 Å². The van der Waals surface area contributed by atoms with Crippen LogP contribution in [0.3, 0.4) is 0 Å². The molecule has 0 aromatic heterocycles. The van der Waals surface area contributed by atoms with E-state index in [0.717, 1.165) is 6.42 Å². The summed E-state index contributed by atoms with van der Waals surface area (Å²) in [5, 5.41) is 7.83. The summed E-state index contributed by atoms with van der Waals surface area (Å²) in [7, 11) is 0. The third-order valence-electron chi connectivity index (χ3n) is 5.60. The molecule has 5 nitrogen and oxygen atoms in total. The van der Waals surface area contributed by atoms with Crippen molar-refractivity contribution in [3.63, 3.8) is 0 Å². The van der Waals surface area contributed by atoms with Gasteiger partial charge in [-0.2, -0.15) is 0 Å². The first-order chi connectivity index (χ1) is 14.2. The lowest BCUT2D eigenvalue weighted by atomic mass is 9.91. The van der Waals surface area contributed by atoms with Crippen LogP contribution in [0.1, 0.15) is 71.0 Å². The Morgan fingerprint density at radius 3 is 1.80 bits per heavy atom. The van der Waals surface area contributed by atoms with Gasteiger partial charge in [0.2, 0.25) is 5.91 Å². The topological polar surface area (TPSA) is 74.8 Å². The molecule has 5 heteroatoms. The van der Waals surface area contributed by atoms with Crippen molar-refractivity contribution in [1.82, 2.24) is 0 Å². The molecule has 0 bridgehead atoms. The lowest BCUT2D eigenvalue weighted by Crippen LogP contribution is -2.93. The van der Waals surface area contributed by atoms with Crippen molar-refractivity contribution >= 4 is 23.2 Å². The fraction of sp³-hybridized carbons (Fsp3) is 0.440. The second kappa shape index (κ2) is 10.9. The first-order valence-electron chi connectivity index (χ1n) is 10.8. The highest BCUT2D eigenvalue weighted by Gasteiger charge is 2.26. The predicted octanol–water partition coefficient (Wildman–Crippen LogP) is 4.45. The SMILES string of the molecule is CC[C@@H](C)c1ccc([C@H]([NH2+][C@@H](C)C(=O)Nc2ccc(NC(C)=O)cc2)C(C)C)cc1. The zero-order valence-electron chi connectivity index (χ0n) is 19.0. The number of quaternary nitrogens is 1. The van der Waals surface area contributed by atoms with E-state index in [0.29, 0.717) is 23.2 Å². The van der Waals surface area contributed by atoms with Crippen molar-refractivity contribution in [1.29, 1.82) is 0 Å². The van der Waals surface area contributed by atoms with Crippen molar-refractivity contribution in [3.05, 3.63) is 59.7 Å². The third-order valence-corrected chi connectivity index (χ3v) is 5.60. The van der Waals surface area contributed by atoms with Crippen molar-refractivity contribution in [3.8, 4) is 0 Å². The van der Waals surface area contributed by atoms with Gasteiger partial charge < -0.3 is 16.0 Å². The van der Waals surface area contributed by atoms with E-state index in [-0.39, 0.29) is 23.9 Å². The van der Waals surface area contributed by atoms with Crippen molar-refractivity contribution < 1.29 is 14.9 Å². The van der Waals surface area contributed by atoms with Gasteiger partial charge in [-0.15, -0.1) is 0 Å². The minimum atomic E-state index is -0.235. The van der Waals surface area contributed by atoms with Crippen LogP contribution in [-0.2, 0) is 9.59 Å². The molecule has 162 valence electrons. The molecule has 0 aliphatic rings. The maximum Gasteiger partial charge on any atom is 0.282 e. The summed E-state index contributed by atoms with van der Waals surface area (Å²) in [6.45, 7) is 12.2. The van der Waals surface area contributed by atoms with Gasteiger partial charge in [-0.25, -0.2) is 0 Å². The molecule has 4 N–H and O–H groups in total. The van der Waals surface area contributed by atoms with Crippen LogP contribution < -0.4 is 16.0 Å². The number of rotatable bonds is 9.